The standard InChI is InChI=1S/C22H25N3O5/c1-27-17-7-13-5-6-25(11-14(13)8-18(17)28-2)12-21-23-16-10-20(30-4)19(29-3)9-15(16)22(26)24-21/h7-10H,5-6,11-12H2,1-4H3,(H,23,24,26). The molecule has 1 N–H and O–H groups in total. The van der Waals surface area contributed by atoms with Crippen molar-refractivity contribution in [3.8, 4) is 23.0 Å². The molecule has 0 saturated carbocycles. The summed E-state index contributed by atoms with van der Waals surface area (Å²) in [5, 5.41) is 0.470. The van der Waals surface area contributed by atoms with Crippen LogP contribution in [0.3, 0.4) is 0 Å². The first-order valence-corrected chi connectivity index (χ1v) is 9.67. The van der Waals surface area contributed by atoms with Crippen LogP contribution in [0.4, 0.5) is 0 Å². The minimum absolute atomic E-state index is 0.195. The quantitative estimate of drug-likeness (QED) is 0.667. The highest BCUT2D eigenvalue weighted by Gasteiger charge is 2.21. The van der Waals surface area contributed by atoms with Gasteiger partial charge in [-0.25, -0.2) is 4.98 Å². The lowest BCUT2D eigenvalue weighted by Crippen LogP contribution is -2.31. The number of hydrogen-bond donors (Lipinski definition) is 1. The number of hydrogen-bond acceptors (Lipinski definition) is 7. The van der Waals surface area contributed by atoms with E-state index in [1.165, 1.54) is 11.1 Å². The Morgan fingerprint density at radius 3 is 2.17 bits per heavy atom. The molecule has 2 aromatic carbocycles. The summed E-state index contributed by atoms with van der Waals surface area (Å²) >= 11 is 0. The Morgan fingerprint density at radius 2 is 1.50 bits per heavy atom. The fraction of sp³-hybridized carbons (Fsp3) is 0.364. The fourth-order valence-corrected chi connectivity index (χ4v) is 3.88. The molecule has 30 heavy (non-hydrogen) atoms. The summed E-state index contributed by atoms with van der Waals surface area (Å²) in [6.07, 6.45) is 0.887. The van der Waals surface area contributed by atoms with Crippen molar-refractivity contribution in [1.82, 2.24) is 14.9 Å². The van der Waals surface area contributed by atoms with Crippen molar-refractivity contribution in [3.05, 3.63) is 51.6 Å². The zero-order valence-electron chi connectivity index (χ0n) is 17.6. The van der Waals surface area contributed by atoms with Gasteiger partial charge in [0, 0.05) is 19.2 Å². The topological polar surface area (TPSA) is 85.9 Å². The highest BCUT2D eigenvalue weighted by Crippen LogP contribution is 2.34. The monoisotopic (exact) mass is 411 g/mol. The van der Waals surface area contributed by atoms with Crippen molar-refractivity contribution in [2.24, 2.45) is 0 Å². The number of methoxy groups -OCH3 is 4. The molecule has 2 heterocycles. The highest BCUT2D eigenvalue weighted by atomic mass is 16.5. The van der Waals surface area contributed by atoms with Gasteiger partial charge in [0.15, 0.2) is 23.0 Å². The summed E-state index contributed by atoms with van der Waals surface area (Å²) in [4.78, 5) is 22.4. The van der Waals surface area contributed by atoms with E-state index in [1.54, 1.807) is 40.6 Å². The number of rotatable bonds is 6. The Kier molecular flexibility index (Phi) is 5.50. The normalized spacial score (nSPS) is 13.7. The third kappa shape index (κ3) is 3.66. The van der Waals surface area contributed by atoms with E-state index in [0.717, 1.165) is 31.0 Å². The molecule has 0 saturated heterocycles. The summed E-state index contributed by atoms with van der Waals surface area (Å²) in [5.41, 5.74) is 2.82. The summed E-state index contributed by atoms with van der Waals surface area (Å²) in [6.45, 7) is 2.13. The fourth-order valence-electron chi connectivity index (χ4n) is 3.88. The number of fused-ring (bicyclic) bond motifs is 2. The maximum absolute atomic E-state index is 12.6. The second kappa shape index (κ2) is 8.23. The van der Waals surface area contributed by atoms with Crippen LogP contribution in [0.5, 0.6) is 23.0 Å². The molecule has 0 bridgehead atoms. The summed E-state index contributed by atoms with van der Waals surface area (Å²) in [6, 6.07) is 7.45. The van der Waals surface area contributed by atoms with Gasteiger partial charge in [-0.2, -0.15) is 0 Å². The van der Waals surface area contributed by atoms with Gasteiger partial charge in [0.05, 0.1) is 45.9 Å². The molecule has 0 aliphatic carbocycles. The average Bonchev–Trinajstić information content (AvgIpc) is 2.77. The first-order chi connectivity index (χ1) is 14.6. The van der Waals surface area contributed by atoms with Gasteiger partial charge in [0.1, 0.15) is 5.82 Å². The van der Waals surface area contributed by atoms with Gasteiger partial charge in [-0.1, -0.05) is 0 Å². The van der Waals surface area contributed by atoms with Crippen LogP contribution in [0.2, 0.25) is 0 Å². The number of aromatic amines is 1. The van der Waals surface area contributed by atoms with E-state index < -0.39 is 0 Å². The van der Waals surface area contributed by atoms with Gasteiger partial charge in [-0.3, -0.25) is 9.69 Å². The minimum atomic E-state index is -0.195. The minimum Gasteiger partial charge on any atom is -0.493 e. The highest BCUT2D eigenvalue weighted by molar-refractivity contribution is 5.81. The molecule has 0 atom stereocenters. The SMILES string of the molecule is COc1cc2c(cc1OC)CN(Cc1nc3cc(OC)c(OC)cc3c(=O)[nH]1)CC2. The van der Waals surface area contributed by atoms with E-state index in [9.17, 15) is 4.79 Å². The largest absolute Gasteiger partial charge is 0.493 e. The molecule has 1 aliphatic heterocycles. The van der Waals surface area contributed by atoms with E-state index in [4.69, 9.17) is 18.9 Å². The van der Waals surface area contributed by atoms with Crippen molar-refractivity contribution in [2.45, 2.75) is 19.5 Å². The number of aromatic nitrogens is 2. The molecule has 0 fully saturated rings. The molecular formula is C22H25N3O5. The average molecular weight is 411 g/mol. The number of H-pyrrole nitrogens is 1. The molecule has 8 heteroatoms. The maximum atomic E-state index is 12.6. The second-order valence-corrected chi connectivity index (χ2v) is 7.17. The molecule has 4 rings (SSSR count). The predicted molar refractivity (Wildman–Crippen MR) is 113 cm³/mol. The lowest BCUT2D eigenvalue weighted by molar-refractivity contribution is 0.238. The zero-order valence-corrected chi connectivity index (χ0v) is 17.6. The molecular weight excluding hydrogens is 386 g/mol. The van der Waals surface area contributed by atoms with Crippen molar-refractivity contribution in [1.29, 1.82) is 0 Å². The third-order valence-electron chi connectivity index (χ3n) is 5.43. The van der Waals surface area contributed by atoms with Gasteiger partial charge >= 0.3 is 0 Å². The number of nitrogens with one attached hydrogen (secondary N) is 1. The molecule has 158 valence electrons. The van der Waals surface area contributed by atoms with Crippen LogP contribution in [-0.4, -0.2) is 49.9 Å². The lowest BCUT2D eigenvalue weighted by Gasteiger charge is -2.29. The van der Waals surface area contributed by atoms with E-state index in [2.05, 4.69) is 14.9 Å². The van der Waals surface area contributed by atoms with Gasteiger partial charge < -0.3 is 23.9 Å². The molecule has 0 unspecified atom stereocenters. The Morgan fingerprint density at radius 1 is 0.900 bits per heavy atom. The van der Waals surface area contributed by atoms with Crippen LogP contribution in [0.15, 0.2) is 29.1 Å². The van der Waals surface area contributed by atoms with Crippen molar-refractivity contribution in [2.75, 3.05) is 35.0 Å². The van der Waals surface area contributed by atoms with Crippen molar-refractivity contribution >= 4 is 10.9 Å². The van der Waals surface area contributed by atoms with Gasteiger partial charge in [-0.15, -0.1) is 0 Å². The number of ether oxygens (including phenoxy) is 4. The van der Waals surface area contributed by atoms with Crippen LogP contribution in [-0.2, 0) is 19.5 Å². The predicted octanol–water partition coefficient (Wildman–Crippen LogP) is 2.52. The Labute approximate surface area is 174 Å². The molecule has 0 amide bonds. The van der Waals surface area contributed by atoms with Gasteiger partial charge in [0.25, 0.3) is 5.56 Å². The molecule has 1 aliphatic rings. The number of benzene rings is 2. The molecule has 0 radical (unpaired) electrons. The maximum Gasteiger partial charge on any atom is 0.258 e. The molecule has 1 aromatic heterocycles. The van der Waals surface area contributed by atoms with Gasteiger partial charge in [-0.05, 0) is 35.7 Å². The lowest BCUT2D eigenvalue weighted by atomic mass is 9.99. The van der Waals surface area contributed by atoms with E-state index in [-0.39, 0.29) is 5.56 Å². The second-order valence-electron chi connectivity index (χ2n) is 7.17. The van der Waals surface area contributed by atoms with Gasteiger partial charge in [0.2, 0.25) is 0 Å². The van der Waals surface area contributed by atoms with E-state index in [0.29, 0.717) is 34.8 Å². The molecule has 8 nitrogen and oxygen atoms in total. The molecule has 0 spiro atoms. The van der Waals surface area contributed by atoms with Crippen molar-refractivity contribution in [3.63, 3.8) is 0 Å². The number of nitrogens with zero attached hydrogens (tertiary/aromatic N) is 2. The zero-order chi connectivity index (χ0) is 21.3. The first-order valence-electron chi connectivity index (χ1n) is 9.67. The van der Waals surface area contributed by atoms with Crippen LogP contribution in [0, 0.1) is 0 Å². The third-order valence-corrected chi connectivity index (χ3v) is 5.43. The van der Waals surface area contributed by atoms with Crippen LogP contribution in [0.1, 0.15) is 17.0 Å². The van der Waals surface area contributed by atoms with Crippen LogP contribution in [0.25, 0.3) is 10.9 Å². The van der Waals surface area contributed by atoms with E-state index >= 15 is 0 Å². The summed E-state index contributed by atoms with van der Waals surface area (Å²) < 4.78 is 21.5. The Balaban J connectivity index is 1.61. The summed E-state index contributed by atoms with van der Waals surface area (Å²) in [5.74, 6) is 3.12. The van der Waals surface area contributed by atoms with Crippen LogP contribution >= 0.6 is 0 Å². The van der Waals surface area contributed by atoms with Crippen LogP contribution < -0.4 is 24.5 Å². The summed E-state index contributed by atoms with van der Waals surface area (Å²) in [7, 11) is 6.38. The smallest absolute Gasteiger partial charge is 0.258 e. The van der Waals surface area contributed by atoms with E-state index in [1.807, 2.05) is 12.1 Å². The Hall–Kier alpha value is -3.26. The molecule has 3 aromatic rings. The van der Waals surface area contributed by atoms with Crippen molar-refractivity contribution < 1.29 is 18.9 Å². The Bertz CT molecular complexity index is 1140. The first kappa shape index (κ1) is 20.0.